The van der Waals surface area contributed by atoms with Crippen molar-refractivity contribution in [1.29, 1.82) is 10.5 Å². The molecule has 4 nitrogen and oxygen atoms in total. The van der Waals surface area contributed by atoms with E-state index in [0.717, 1.165) is 24.2 Å². The van der Waals surface area contributed by atoms with Crippen LogP contribution in [-0.4, -0.2) is 9.97 Å². The van der Waals surface area contributed by atoms with Crippen molar-refractivity contribution < 1.29 is 0 Å². The first kappa shape index (κ1) is 12.1. The van der Waals surface area contributed by atoms with Crippen molar-refractivity contribution in [3.8, 4) is 12.1 Å². The minimum Gasteiger partial charge on any atom is -0.237 e. The molecule has 1 heterocycles. The molecule has 0 spiro atoms. The molecule has 0 saturated carbocycles. The fourth-order valence-corrected chi connectivity index (χ4v) is 1.52. The lowest BCUT2D eigenvalue weighted by Crippen LogP contribution is -2.08. The molecule has 1 rings (SSSR count). The lowest BCUT2D eigenvalue weighted by atomic mass is 10.0. The average molecular weight is 214 g/mol. The van der Waals surface area contributed by atoms with Gasteiger partial charge in [-0.15, -0.1) is 0 Å². The third-order valence-electron chi connectivity index (χ3n) is 2.24. The van der Waals surface area contributed by atoms with Crippen LogP contribution in [0.4, 0.5) is 0 Å². The van der Waals surface area contributed by atoms with Crippen LogP contribution in [0.3, 0.4) is 0 Å². The molecule has 16 heavy (non-hydrogen) atoms. The molecule has 0 aliphatic carbocycles. The average Bonchev–Trinajstić information content (AvgIpc) is 2.28. The lowest BCUT2D eigenvalue weighted by Gasteiger charge is -2.10. The number of rotatable bonds is 3. The van der Waals surface area contributed by atoms with Crippen molar-refractivity contribution in [3.05, 3.63) is 22.8 Å². The summed E-state index contributed by atoms with van der Waals surface area (Å²) in [4.78, 5) is 8.46. The van der Waals surface area contributed by atoms with Crippen LogP contribution in [0, 0.1) is 22.7 Å². The Labute approximate surface area is 95.6 Å². The summed E-state index contributed by atoms with van der Waals surface area (Å²) in [6.45, 7) is 6.07. The van der Waals surface area contributed by atoms with Gasteiger partial charge in [-0.05, 0) is 12.3 Å². The SMILES string of the molecule is CCCc1nc(C#N)c(C#N)nc1C(C)C. The Morgan fingerprint density at radius 1 is 1.12 bits per heavy atom. The Kier molecular flexibility index (Phi) is 3.96. The molecular weight excluding hydrogens is 200 g/mol. The van der Waals surface area contributed by atoms with Gasteiger partial charge in [0.1, 0.15) is 12.1 Å². The second kappa shape index (κ2) is 5.23. The van der Waals surface area contributed by atoms with Gasteiger partial charge in [0.05, 0.1) is 11.4 Å². The maximum Gasteiger partial charge on any atom is 0.177 e. The summed E-state index contributed by atoms with van der Waals surface area (Å²) in [5.74, 6) is 0.217. The van der Waals surface area contributed by atoms with E-state index in [1.165, 1.54) is 0 Å². The van der Waals surface area contributed by atoms with Gasteiger partial charge in [-0.1, -0.05) is 27.2 Å². The summed E-state index contributed by atoms with van der Waals surface area (Å²) in [5.41, 5.74) is 1.94. The molecule has 0 atom stereocenters. The standard InChI is InChI=1S/C12H14N4/c1-4-5-9-12(8(2)3)16-11(7-14)10(6-13)15-9/h8H,4-5H2,1-3H3. The van der Waals surface area contributed by atoms with Gasteiger partial charge in [0.25, 0.3) is 0 Å². The van der Waals surface area contributed by atoms with Gasteiger partial charge in [-0.2, -0.15) is 10.5 Å². The van der Waals surface area contributed by atoms with Crippen molar-refractivity contribution >= 4 is 0 Å². The third kappa shape index (κ3) is 2.35. The van der Waals surface area contributed by atoms with E-state index >= 15 is 0 Å². The van der Waals surface area contributed by atoms with E-state index < -0.39 is 0 Å². The van der Waals surface area contributed by atoms with E-state index in [9.17, 15) is 0 Å². The number of hydrogen-bond donors (Lipinski definition) is 0. The topological polar surface area (TPSA) is 73.4 Å². The summed E-state index contributed by atoms with van der Waals surface area (Å²) in [7, 11) is 0. The van der Waals surface area contributed by atoms with E-state index in [4.69, 9.17) is 10.5 Å². The first-order chi connectivity index (χ1) is 7.63. The highest BCUT2D eigenvalue weighted by atomic mass is 14.9. The molecule has 1 aromatic rings. The smallest absolute Gasteiger partial charge is 0.177 e. The van der Waals surface area contributed by atoms with Crippen LogP contribution in [0.5, 0.6) is 0 Å². The van der Waals surface area contributed by atoms with Crippen LogP contribution in [0.1, 0.15) is 55.9 Å². The zero-order chi connectivity index (χ0) is 12.1. The Balaban J connectivity index is 3.38. The van der Waals surface area contributed by atoms with Gasteiger partial charge in [0.2, 0.25) is 0 Å². The Hall–Kier alpha value is -1.94. The van der Waals surface area contributed by atoms with E-state index in [0.29, 0.717) is 0 Å². The molecule has 0 aromatic carbocycles. The van der Waals surface area contributed by atoms with Gasteiger partial charge in [0, 0.05) is 0 Å². The molecule has 0 aliphatic heterocycles. The number of nitriles is 2. The number of aromatic nitrogens is 2. The number of hydrogen-bond acceptors (Lipinski definition) is 4. The highest BCUT2D eigenvalue weighted by Gasteiger charge is 2.14. The van der Waals surface area contributed by atoms with Crippen LogP contribution in [0.25, 0.3) is 0 Å². The molecular formula is C12H14N4. The molecule has 4 heteroatoms. The minimum atomic E-state index is 0.131. The van der Waals surface area contributed by atoms with E-state index in [1.807, 2.05) is 26.0 Å². The molecule has 0 unspecified atom stereocenters. The number of nitrogens with zero attached hydrogens (tertiary/aromatic N) is 4. The molecule has 1 aromatic heterocycles. The van der Waals surface area contributed by atoms with Crippen molar-refractivity contribution in [3.63, 3.8) is 0 Å². The molecule has 0 N–H and O–H groups in total. The fraction of sp³-hybridized carbons (Fsp3) is 0.500. The molecule has 82 valence electrons. The first-order valence-electron chi connectivity index (χ1n) is 5.35. The zero-order valence-electron chi connectivity index (χ0n) is 9.78. The van der Waals surface area contributed by atoms with E-state index in [-0.39, 0.29) is 17.3 Å². The van der Waals surface area contributed by atoms with E-state index in [1.54, 1.807) is 0 Å². The van der Waals surface area contributed by atoms with Crippen LogP contribution in [0.15, 0.2) is 0 Å². The van der Waals surface area contributed by atoms with Crippen molar-refractivity contribution in [2.75, 3.05) is 0 Å². The summed E-state index contributed by atoms with van der Waals surface area (Å²) >= 11 is 0. The molecule has 0 saturated heterocycles. The monoisotopic (exact) mass is 214 g/mol. The number of aryl methyl sites for hydroxylation is 1. The highest BCUT2D eigenvalue weighted by molar-refractivity contribution is 5.38. The summed E-state index contributed by atoms with van der Waals surface area (Å²) in [5, 5.41) is 17.7. The predicted molar refractivity (Wildman–Crippen MR) is 59.5 cm³/mol. The van der Waals surface area contributed by atoms with Crippen LogP contribution >= 0.6 is 0 Å². The van der Waals surface area contributed by atoms with Gasteiger partial charge in [-0.25, -0.2) is 9.97 Å². The molecule has 0 aliphatic rings. The van der Waals surface area contributed by atoms with E-state index in [2.05, 4.69) is 16.9 Å². The zero-order valence-corrected chi connectivity index (χ0v) is 9.78. The quantitative estimate of drug-likeness (QED) is 0.773. The highest BCUT2D eigenvalue weighted by Crippen LogP contribution is 2.18. The lowest BCUT2D eigenvalue weighted by molar-refractivity contribution is 0.751. The van der Waals surface area contributed by atoms with Crippen molar-refractivity contribution in [2.24, 2.45) is 0 Å². The molecule has 0 bridgehead atoms. The molecule has 0 radical (unpaired) electrons. The minimum absolute atomic E-state index is 0.131. The van der Waals surface area contributed by atoms with Crippen LogP contribution in [0.2, 0.25) is 0 Å². The Morgan fingerprint density at radius 3 is 2.12 bits per heavy atom. The predicted octanol–water partition coefficient (Wildman–Crippen LogP) is 2.30. The van der Waals surface area contributed by atoms with Crippen molar-refractivity contribution in [2.45, 2.75) is 39.5 Å². The normalized spacial score (nSPS) is 9.88. The Bertz CT molecular complexity index is 463. The summed E-state index contributed by atoms with van der Waals surface area (Å²) < 4.78 is 0. The van der Waals surface area contributed by atoms with Gasteiger partial charge in [0.15, 0.2) is 11.4 Å². The molecule has 0 fully saturated rings. The summed E-state index contributed by atoms with van der Waals surface area (Å²) in [6, 6.07) is 3.83. The largest absolute Gasteiger partial charge is 0.237 e. The maximum absolute atomic E-state index is 8.87. The van der Waals surface area contributed by atoms with Gasteiger partial charge in [-0.3, -0.25) is 0 Å². The van der Waals surface area contributed by atoms with Crippen LogP contribution < -0.4 is 0 Å². The molecule has 0 amide bonds. The maximum atomic E-state index is 8.87. The second-order valence-corrected chi connectivity index (χ2v) is 3.88. The Morgan fingerprint density at radius 2 is 1.69 bits per heavy atom. The second-order valence-electron chi connectivity index (χ2n) is 3.88. The first-order valence-corrected chi connectivity index (χ1v) is 5.35. The van der Waals surface area contributed by atoms with Gasteiger partial charge < -0.3 is 0 Å². The summed E-state index contributed by atoms with van der Waals surface area (Å²) in [6.07, 6.45) is 1.74. The van der Waals surface area contributed by atoms with Gasteiger partial charge >= 0.3 is 0 Å². The van der Waals surface area contributed by atoms with Crippen LogP contribution in [-0.2, 0) is 6.42 Å². The fourth-order valence-electron chi connectivity index (χ4n) is 1.52. The third-order valence-corrected chi connectivity index (χ3v) is 2.24. The van der Waals surface area contributed by atoms with Crippen molar-refractivity contribution in [1.82, 2.24) is 9.97 Å².